The molecule has 1 aliphatic heterocycles. The molecule has 150 valence electrons. The second-order valence-corrected chi connectivity index (χ2v) is 9.37. The lowest BCUT2D eigenvalue weighted by Crippen LogP contribution is -2.43. The molecule has 0 aliphatic carbocycles. The highest BCUT2D eigenvalue weighted by atomic mass is 32.2. The first-order valence-electron chi connectivity index (χ1n) is 9.04. The van der Waals surface area contributed by atoms with Gasteiger partial charge in [0, 0.05) is 17.5 Å². The number of nitrogens with one attached hydrogen (secondary N) is 1. The predicted octanol–water partition coefficient (Wildman–Crippen LogP) is 3.74. The summed E-state index contributed by atoms with van der Waals surface area (Å²) in [5, 5.41) is 5.00. The number of anilines is 1. The number of amides is 1. The van der Waals surface area contributed by atoms with Gasteiger partial charge in [-0.05, 0) is 37.1 Å². The first-order valence-corrected chi connectivity index (χ1v) is 11.4. The van der Waals surface area contributed by atoms with Crippen LogP contribution < -0.4 is 5.32 Å². The maximum Gasteiger partial charge on any atom is 0.244 e. The quantitative estimate of drug-likeness (QED) is 0.667. The molecule has 29 heavy (non-hydrogen) atoms. The summed E-state index contributed by atoms with van der Waals surface area (Å²) in [7, 11) is -3.89. The molecule has 1 N–H and O–H groups in total. The van der Waals surface area contributed by atoms with Crippen LogP contribution in [0, 0.1) is 5.82 Å². The van der Waals surface area contributed by atoms with E-state index in [4.69, 9.17) is 0 Å². The van der Waals surface area contributed by atoms with E-state index in [1.54, 1.807) is 0 Å². The molecule has 6 nitrogen and oxygen atoms in total. The zero-order valence-corrected chi connectivity index (χ0v) is 16.9. The topological polar surface area (TPSA) is 79.4 Å². The number of halogens is 1. The lowest BCUT2D eigenvalue weighted by molar-refractivity contribution is -0.119. The lowest BCUT2D eigenvalue weighted by atomic mass is 10.2. The van der Waals surface area contributed by atoms with Crippen LogP contribution in [-0.2, 0) is 14.8 Å². The number of rotatable bonds is 5. The van der Waals surface area contributed by atoms with Gasteiger partial charge in [-0.25, -0.2) is 17.8 Å². The van der Waals surface area contributed by atoms with Gasteiger partial charge in [0.2, 0.25) is 15.9 Å². The molecule has 2 heterocycles. The number of nitrogens with zero attached hydrogens (tertiary/aromatic N) is 2. The van der Waals surface area contributed by atoms with Gasteiger partial charge in [0.15, 0.2) is 5.13 Å². The fraction of sp³-hybridized carbons (Fsp3) is 0.200. The van der Waals surface area contributed by atoms with Crippen LogP contribution in [0.15, 0.2) is 64.9 Å². The predicted molar refractivity (Wildman–Crippen MR) is 109 cm³/mol. The Kier molecular flexibility index (Phi) is 5.44. The van der Waals surface area contributed by atoms with E-state index in [-0.39, 0.29) is 11.4 Å². The van der Waals surface area contributed by atoms with E-state index < -0.39 is 27.8 Å². The van der Waals surface area contributed by atoms with Gasteiger partial charge in [-0.2, -0.15) is 4.31 Å². The van der Waals surface area contributed by atoms with Gasteiger partial charge in [0.25, 0.3) is 0 Å². The van der Waals surface area contributed by atoms with Crippen LogP contribution in [0.2, 0.25) is 0 Å². The third-order valence-electron chi connectivity index (χ3n) is 4.73. The Morgan fingerprint density at radius 2 is 1.86 bits per heavy atom. The zero-order chi connectivity index (χ0) is 20.4. The van der Waals surface area contributed by atoms with Crippen molar-refractivity contribution in [2.24, 2.45) is 0 Å². The van der Waals surface area contributed by atoms with Crippen molar-refractivity contribution in [2.45, 2.75) is 23.8 Å². The maximum atomic E-state index is 13.1. The average Bonchev–Trinajstić information content (AvgIpc) is 3.39. The van der Waals surface area contributed by atoms with Crippen LogP contribution in [0.5, 0.6) is 0 Å². The van der Waals surface area contributed by atoms with Crippen LogP contribution in [-0.4, -0.2) is 36.2 Å². The van der Waals surface area contributed by atoms with Gasteiger partial charge in [-0.3, -0.25) is 4.79 Å². The molecule has 4 rings (SSSR count). The van der Waals surface area contributed by atoms with Gasteiger partial charge in [-0.15, -0.1) is 11.3 Å². The molecule has 0 saturated carbocycles. The van der Waals surface area contributed by atoms with Crippen LogP contribution in [0.4, 0.5) is 9.52 Å². The molecular formula is C20H18FN3O3S2. The van der Waals surface area contributed by atoms with Crippen molar-refractivity contribution >= 4 is 32.4 Å². The molecule has 1 atom stereocenters. The van der Waals surface area contributed by atoms with Crippen molar-refractivity contribution in [3.05, 3.63) is 65.8 Å². The molecule has 1 amide bonds. The molecule has 0 bridgehead atoms. The molecule has 0 radical (unpaired) electrons. The minimum atomic E-state index is -3.89. The van der Waals surface area contributed by atoms with Crippen molar-refractivity contribution in [3.8, 4) is 11.3 Å². The molecule has 9 heteroatoms. The van der Waals surface area contributed by atoms with Crippen molar-refractivity contribution in [2.75, 3.05) is 11.9 Å². The number of aromatic nitrogens is 1. The Morgan fingerprint density at radius 1 is 1.14 bits per heavy atom. The number of carbonyl (C=O) groups excluding carboxylic acids is 1. The normalized spacial score (nSPS) is 17.3. The zero-order valence-electron chi connectivity index (χ0n) is 15.3. The summed E-state index contributed by atoms with van der Waals surface area (Å²) in [6, 6.07) is 13.4. The summed E-state index contributed by atoms with van der Waals surface area (Å²) < 4.78 is 40.2. The summed E-state index contributed by atoms with van der Waals surface area (Å²) in [6.45, 7) is 0.241. The number of hydrogen-bond donors (Lipinski definition) is 1. The Labute approximate surface area is 172 Å². The second-order valence-electron chi connectivity index (χ2n) is 6.62. The summed E-state index contributed by atoms with van der Waals surface area (Å²) >= 11 is 1.29. The second kappa shape index (κ2) is 8.02. The van der Waals surface area contributed by atoms with Gasteiger partial charge in [0.1, 0.15) is 11.9 Å². The molecule has 3 aromatic rings. The third kappa shape index (κ3) is 4.07. The molecule has 1 unspecified atom stereocenters. The number of thiazole rings is 1. The maximum absolute atomic E-state index is 13.1. The monoisotopic (exact) mass is 431 g/mol. The largest absolute Gasteiger partial charge is 0.301 e. The van der Waals surface area contributed by atoms with Crippen LogP contribution in [0.1, 0.15) is 12.8 Å². The van der Waals surface area contributed by atoms with Gasteiger partial charge >= 0.3 is 0 Å². The average molecular weight is 432 g/mol. The SMILES string of the molecule is O=C(Nc1nc(-c2ccccc2)cs1)C1CCCN1S(=O)(=O)c1ccc(F)cc1. The summed E-state index contributed by atoms with van der Waals surface area (Å²) in [4.78, 5) is 17.2. The van der Waals surface area contributed by atoms with Crippen LogP contribution in [0.25, 0.3) is 11.3 Å². The highest BCUT2D eigenvalue weighted by Gasteiger charge is 2.39. The van der Waals surface area contributed by atoms with Gasteiger partial charge < -0.3 is 5.32 Å². The summed E-state index contributed by atoms with van der Waals surface area (Å²) in [5.74, 6) is -0.931. The van der Waals surface area contributed by atoms with Crippen LogP contribution >= 0.6 is 11.3 Å². The molecule has 2 aromatic carbocycles. The van der Waals surface area contributed by atoms with Crippen molar-refractivity contribution in [3.63, 3.8) is 0 Å². The van der Waals surface area contributed by atoms with Crippen molar-refractivity contribution in [1.29, 1.82) is 0 Å². The Bertz CT molecular complexity index is 1120. The number of benzene rings is 2. The number of carbonyl (C=O) groups is 1. The van der Waals surface area contributed by atoms with E-state index >= 15 is 0 Å². The van der Waals surface area contributed by atoms with Crippen molar-refractivity contribution < 1.29 is 17.6 Å². The number of sulfonamides is 1. The smallest absolute Gasteiger partial charge is 0.244 e. The molecule has 1 fully saturated rings. The first kappa shape index (κ1) is 19.7. The first-order chi connectivity index (χ1) is 13.9. The van der Waals surface area contributed by atoms with Crippen molar-refractivity contribution in [1.82, 2.24) is 9.29 Å². The summed E-state index contributed by atoms with van der Waals surface area (Å²) in [5.41, 5.74) is 1.68. The lowest BCUT2D eigenvalue weighted by Gasteiger charge is -2.23. The van der Waals surface area contributed by atoms with E-state index in [9.17, 15) is 17.6 Å². The highest BCUT2D eigenvalue weighted by Crippen LogP contribution is 2.29. The molecule has 1 aromatic heterocycles. The number of hydrogen-bond acceptors (Lipinski definition) is 5. The fourth-order valence-electron chi connectivity index (χ4n) is 3.29. The van der Waals surface area contributed by atoms with Crippen LogP contribution in [0.3, 0.4) is 0 Å². The minimum Gasteiger partial charge on any atom is -0.301 e. The Morgan fingerprint density at radius 3 is 2.59 bits per heavy atom. The van der Waals surface area contributed by atoms with Gasteiger partial charge in [-0.1, -0.05) is 30.3 Å². The van der Waals surface area contributed by atoms with E-state index in [0.717, 1.165) is 23.4 Å². The molecular weight excluding hydrogens is 413 g/mol. The van der Waals surface area contributed by atoms with Gasteiger partial charge in [0.05, 0.1) is 10.6 Å². The Balaban J connectivity index is 1.51. The minimum absolute atomic E-state index is 0.0285. The van der Waals surface area contributed by atoms with E-state index in [0.29, 0.717) is 18.0 Å². The standard InChI is InChI=1S/C20H18FN3O3S2/c21-15-8-10-16(11-9-15)29(26,27)24-12-4-7-18(24)19(25)23-20-22-17(13-28-20)14-5-2-1-3-6-14/h1-3,5-6,8-11,13,18H,4,7,12H2,(H,22,23,25). The van der Waals surface area contributed by atoms with E-state index in [2.05, 4.69) is 10.3 Å². The molecule has 1 aliphatic rings. The molecule has 0 spiro atoms. The Hall–Kier alpha value is -2.62. The third-order valence-corrected chi connectivity index (χ3v) is 7.41. The summed E-state index contributed by atoms with van der Waals surface area (Å²) in [6.07, 6.45) is 0.995. The van der Waals surface area contributed by atoms with E-state index in [1.165, 1.54) is 27.8 Å². The molecule has 1 saturated heterocycles. The van der Waals surface area contributed by atoms with E-state index in [1.807, 2.05) is 35.7 Å². The highest BCUT2D eigenvalue weighted by molar-refractivity contribution is 7.89. The fourth-order valence-corrected chi connectivity index (χ4v) is 5.67.